The number of nitriles is 1. The van der Waals surface area contributed by atoms with Crippen molar-refractivity contribution in [2.75, 3.05) is 10.6 Å². The van der Waals surface area contributed by atoms with Gasteiger partial charge in [-0.25, -0.2) is 4.68 Å². The number of benzene rings is 2. The van der Waals surface area contributed by atoms with Crippen molar-refractivity contribution in [1.82, 2.24) is 20.0 Å². The van der Waals surface area contributed by atoms with Gasteiger partial charge in [-0.3, -0.25) is 4.79 Å². The molecular weight excluding hydrogens is 390 g/mol. The molecule has 2 aromatic heterocycles. The number of aryl methyl sites for hydroxylation is 2. The molecule has 0 saturated heterocycles. The summed E-state index contributed by atoms with van der Waals surface area (Å²) in [4.78, 5) is 12.4. The molecule has 0 aliphatic rings. The number of aromatic nitrogens is 4. The Morgan fingerprint density at radius 3 is 2.39 bits per heavy atom. The smallest absolute Gasteiger partial charge is 0.255 e. The maximum absolute atomic E-state index is 12.4. The van der Waals surface area contributed by atoms with Gasteiger partial charge in [-0.15, -0.1) is 10.2 Å². The molecule has 0 aliphatic heterocycles. The lowest BCUT2D eigenvalue weighted by Gasteiger charge is -2.09. The van der Waals surface area contributed by atoms with Crippen LogP contribution in [-0.4, -0.2) is 25.9 Å². The van der Waals surface area contributed by atoms with Crippen LogP contribution >= 0.6 is 0 Å². The number of rotatable bonds is 5. The topological polar surface area (TPSA) is 109 Å². The van der Waals surface area contributed by atoms with Gasteiger partial charge in [0.15, 0.2) is 11.6 Å². The molecule has 0 fully saturated rings. The fraction of sp³-hybridized carbons (Fsp3) is 0.0870. The third-order valence-electron chi connectivity index (χ3n) is 4.55. The fourth-order valence-electron chi connectivity index (χ4n) is 3.08. The summed E-state index contributed by atoms with van der Waals surface area (Å²) in [6.07, 6.45) is 0. The Morgan fingerprint density at radius 1 is 0.968 bits per heavy atom. The van der Waals surface area contributed by atoms with Crippen molar-refractivity contribution < 1.29 is 4.79 Å². The van der Waals surface area contributed by atoms with Crippen molar-refractivity contribution >= 4 is 23.1 Å². The molecule has 2 aromatic carbocycles. The van der Waals surface area contributed by atoms with E-state index >= 15 is 0 Å². The van der Waals surface area contributed by atoms with Crippen molar-refractivity contribution in [3.05, 3.63) is 89.2 Å². The van der Waals surface area contributed by atoms with Gasteiger partial charge in [0.25, 0.3) is 5.91 Å². The molecule has 31 heavy (non-hydrogen) atoms. The summed E-state index contributed by atoms with van der Waals surface area (Å²) in [7, 11) is 0. The molecule has 0 atom stereocenters. The second-order valence-electron chi connectivity index (χ2n) is 6.96. The summed E-state index contributed by atoms with van der Waals surface area (Å²) in [6.45, 7) is 3.90. The van der Waals surface area contributed by atoms with Crippen LogP contribution < -0.4 is 10.6 Å². The molecule has 4 aromatic rings. The Kier molecular flexibility index (Phi) is 5.41. The summed E-state index contributed by atoms with van der Waals surface area (Å²) in [5.41, 5.74) is 4.23. The van der Waals surface area contributed by atoms with Crippen molar-refractivity contribution in [3.63, 3.8) is 0 Å². The third-order valence-corrected chi connectivity index (χ3v) is 4.55. The van der Waals surface area contributed by atoms with E-state index in [1.54, 1.807) is 41.1 Å². The molecule has 8 heteroatoms. The first-order valence-electron chi connectivity index (χ1n) is 9.58. The van der Waals surface area contributed by atoms with Gasteiger partial charge < -0.3 is 10.6 Å². The minimum absolute atomic E-state index is 0.275. The number of anilines is 3. The maximum atomic E-state index is 12.4. The quantitative estimate of drug-likeness (QED) is 0.513. The number of carbonyl (C=O) groups excluding carboxylic acids is 1. The standard InChI is InChI=1S/C23H19N7O/c1-15-12-16(2)30(29-15)22-11-10-21(27-28-22)25-19-6-8-20(9-7-19)26-23(31)18-5-3-4-17(13-18)14-24/h3-13H,1-2H3,(H,25,27)(H,26,31). The van der Waals surface area contributed by atoms with Crippen LogP contribution in [0.15, 0.2) is 66.7 Å². The summed E-state index contributed by atoms with van der Waals surface area (Å²) in [5.74, 6) is 0.966. The summed E-state index contributed by atoms with van der Waals surface area (Å²) in [6, 6.07) is 21.5. The van der Waals surface area contributed by atoms with Gasteiger partial charge in [0, 0.05) is 22.6 Å². The van der Waals surface area contributed by atoms with Crippen LogP contribution in [-0.2, 0) is 0 Å². The van der Waals surface area contributed by atoms with Crippen LogP contribution in [0.5, 0.6) is 0 Å². The Bertz CT molecular complexity index is 1270. The third kappa shape index (κ3) is 4.57. The molecule has 152 valence electrons. The molecule has 0 spiro atoms. The van der Waals surface area contributed by atoms with E-state index in [1.165, 1.54) is 0 Å². The largest absolute Gasteiger partial charge is 0.339 e. The van der Waals surface area contributed by atoms with Crippen LogP contribution in [0, 0.1) is 25.2 Å². The van der Waals surface area contributed by atoms with E-state index in [0.29, 0.717) is 28.5 Å². The van der Waals surface area contributed by atoms with Crippen LogP contribution in [0.2, 0.25) is 0 Å². The number of carbonyl (C=O) groups is 1. The van der Waals surface area contributed by atoms with E-state index in [2.05, 4.69) is 25.9 Å². The SMILES string of the molecule is Cc1cc(C)n(-c2ccc(Nc3ccc(NC(=O)c4cccc(C#N)c4)cc3)nn2)n1. The van der Waals surface area contributed by atoms with E-state index in [9.17, 15) is 4.79 Å². The van der Waals surface area contributed by atoms with Crippen molar-refractivity contribution in [1.29, 1.82) is 5.26 Å². The first-order chi connectivity index (χ1) is 15.0. The zero-order chi connectivity index (χ0) is 21.8. The molecule has 1 amide bonds. The Hall–Kier alpha value is -4.51. The second kappa shape index (κ2) is 8.47. The van der Waals surface area contributed by atoms with Gasteiger partial charge in [0.05, 0.1) is 17.3 Å². The van der Waals surface area contributed by atoms with E-state index in [4.69, 9.17) is 5.26 Å². The monoisotopic (exact) mass is 409 g/mol. The zero-order valence-corrected chi connectivity index (χ0v) is 17.0. The highest BCUT2D eigenvalue weighted by atomic mass is 16.1. The van der Waals surface area contributed by atoms with Gasteiger partial charge in [0.1, 0.15) is 0 Å². The van der Waals surface area contributed by atoms with Gasteiger partial charge in [-0.1, -0.05) is 6.07 Å². The number of nitrogens with zero attached hydrogens (tertiary/aromatic N) is 5. The van der Waals surface area contributed by atoms with Crippen LogP contribution in [0.3, 0.4) is 0 Å². The van der Waals surface area contributed by atoms with Crippen molar-refractivity contribution in [3.8, 4) is 11.9 Å². The Balaban J connectivity index is 1.41. The molecule has 2 heterocycles. The molecule has 0 unspecified atom stereocenters. The zero-order valence-electron chi connectivity index (χ0n) is 17.0. The van der Waals surface area contributed by atoms with E-state index in [1.807, 2.05) is 50.2 Å². The van der Waals surface area contributed by atoms with E-state index < -0.39 is 0 Å². The van der Waals surface area contributed by atoms with Crippen LogP contribution in [0.25, 0.3) is 5.82 Å². The Morgan fingerprint density at radius 2 is 1.74 bits per heavy atom. The number of amides is 1. The maximum Gasteiger partial charge on any atom is 0.255 e. The highest BCUT2D eigenvalue weighted by molar-refractivity contribution is 6.04. The van der Waals surface area contributed by atoms with Gasteiger partial charge in [0.2, 0.25) is 0 Å². The average Bonchev–Trinajstić information content (AvgIpc) is 3.13. The number of hydrogen-bond donors (Lipinski definition) is 2. The molecule has 0 aliphatic carbocycles. The van der Waals surface area contributed by atoms with Crippen LogP contribution in [0.4, 0.5) is 17.2 Å². The molecule has 8 nitrogen and oxygen atoms in total. The first-order valence-corrected chi connectivity index (χ1v) is 9.58. The second-order valence-corrected chi connectivity index (χ2v) is 6.96. The summed E-state index contributed by atoms with van der Waals surface area (Å²) in [5, 5.41) is 27.8. The molecule has 4 rings (SSSR count). The predicted molar refractivity (Wildman–Crippen MR) is 117 cm³/mol. The summed E-state index contributed by atoms with van der Waals surface area (Å²) < 4.78 is 1.75. The van der Waals surface area contributed by atoms with Gasteiger partial charge in [-0.05, 0) is 74.5 Å². The average molecular weight is 409 g/mol. The van der Waals surface area contributed by atoms with Gasteiger partial charge >= 0.3 is 0 Å². The minimum atomic E-state index is -0.275. The predicted octanol–water partition coefficient (Wildman–Crippen LogP) is 4.15. The molecule has 2 N–H and O–H groups in total. The first kappa shape index (κ1) is 19.8. The lowest BCUT2D eigenvalue weighted by molar-refractivity contribution is 0.102. The lowest BCUT2D eigenvalue weighted by atomic mass is 10.1. The van der Waals surface area contributed by atoms with Crippen molar-refractivity contribution in [2.24, 2.45) is 0 Å². The summed E-state index contributed by atoms with van der Waals surface area (Å²) >= 11 is 0. The molecule has 0 bridgehead atoms. The van der Waals surface area contributed by atoms with E-state index in [-0.39, 0.29) is 5.91 Å². The minimum Gasteiger partial charge on any atom is -0.339 e. The number of nitrogens with one attached hydrogen (secondary N) is 2. The number of hydrogen-bond acceptors (Lipinski definition) is 6. The molecule has 0 saturated carbocycles. The van der Waals surface area contributed by atoms with Crippen LogP contribution in [0.1, 0.15) is 27.3 Å². The highest BCUT2D eigenvalue weighted by Gasteiger charge is 2.08. The molecular formula is C23H19N7O. The van der Waals surface area contributed by atoms with Gasteiger partial charge in [-0.2, -0.15) is 10.4 Å². The van der Waals surface area contributed by atoms with E-state index in [0.717, 1.165) is 17.1 Å². The Labute approximate surface area is 179 Å². The van der Waals surface area contributed by atoms with Crippen molar-refractivity contribution in [2.45, 2.75) is 13.8 Å². The fourth-order valence-corrected chi connectivity index (χ4v) is 3.08. The lowest BCUT2D eigenvalue weighted by Crippen LogP contribution is -2.11. The highest BCUT2D eigenvalue weighted by Crippen LogP contribution is 2.19. The normalized spacial score (nSPS) is 10.4. The molecule has 0 radical (unpaired) electrons.